The van der Waals surface area contributed by atoms with Crippen molar-refractivity contribution in [3.63, 3.8) is 0 Å². The molecule has 1 atom stereocenters. The third-order valence-electron chi connectivity index (χ3n) is 1.08. The molecule has 9 heavy (non-hydrogen) atoms. The molecule has 0 aromatic heterocycles. The zero-order chi connectivity index (χ0) is 7.11. The summed E-state index contributed by atoms with van der Waals surface area (Å²) in [6.45, 7) is 0.408. The highest BCUT2D eigenvalue weighted by Crippen LogP contribution is 2.03. The standard InChI is InChI=1S/C7H12FN/c1-2-3-4-7(8)5-6-9/h1,7H,3-6,9H2. The number of hydrogen-bond acceptors (Lipinski definition) is 1. The fraction of sp³-hybridized carbons (Fsp3) is 0.714. The maximum atomic E-state index is 12.4. The molecule has 2 N–H and O–H groups in total. The van der Waals surface area contributed by atoms with Crippen molar-refractivity contribution in [1.29, 1.82) is 0 Å². The predicted octanol–water partition coefficient (Wildman–Crippen LogP) is 1.09. The monoisotopic (exact) mass is 129 g/mol. The summed E-state index contributed by atoms with van der Waals surface area (Å²) in [4.78, 5) is 0. The van der Waals surface area contributed by atoms with E-state index in [1.807, 2.05) is 0 Å². The number of nitrogens with two attached hydrogens (primary N) is 1. The molecule has 0 rings (SSSR count). The summed E-state index contributed by atoms with van der Waals surface area (Å²) < 4.78 is 12.4. The molecule has 0 saturated carbocycles. The first-order chi connectivity index (χ1) is 4.31. The molecule has 0 aromatic carbocycles. The van der Waals surface area contributed by atoms with E-state index in [0.29, 0.717) is 25.8 Å². The van der Waals surface area contributed by atoms with Gasteiger partial charge in [0.1, 0.15) is 6.17 Å². The van der Waals surface area contributed by atoms with Crippen LogP contribution in [-0.2, 0) is 0 Å². The minimum Gasteiger partial charge on any atom is -0.330 e. The van der Waals surface area contributed by atoms with Gasteiger partial charge in [0.15, 0.2) is 0 Å². The maximum absolute atomic E-state index is 12.4. The lowest BCUT2D eigenvalue weighted by Gasteiger charge is -2.01. The van der Waals surface area contributed by atoms with Crippen LogP contribution in [0, 0.1) is 12.3 Å². The Hall–Kier alpha value is -0.550. The zero-order valence-corrected chi connectivity index (χ0v) is 5.44. The van der Waals surface area contributed by atoms with Crippen molar-refractivity contribution in [2.75, 3.05) is 6.54 Å². The van der Waals surface area contributed by atoms with Crippen LogP contribution in [0.4, 0.5) is 4.39 Å². The number of terminal acetylenes is 1. The molecule has 0 heterocycles. The molecule has 0 aliphatic carbocycles. The quantitative estimate of drug-likeness (QED) is 0.565. The minimum absolute atomic E-state index is 0.408. The number of alkyl halides is 1. The number of hydrogen-bond donors (Lipinski definition) is 1. The molecule has 0 radical (unpaired) electrons. The minimum atomic E-state index is -0.800. The molecule has 0 bridgehead atoms. The predicted molar refractivity (Wildman–Crippen MR) is 36.6 cm³/mol. The van der Waals surface area contributed by atoms with Gasteiger partial charge in [-0.3, -0.25) is 0 Å². The molecular weight excluding hydrogens is 117 g/mol. The van der Waals surface area contributed by atoms with Crippen molar-refractivity contribution in [2.24, 2.45) is 5.73 Å². The molecular formula is C7H12FN. The van der Waals surface area contributed by atoms with E-state index in [1.165, 1.54) is 0 Å². The van der Waals surface area contributed by atoms with E-state index in [-0.39, 0.29) is 0 Å². The fourth-order valence-electron chi connectivity index (χ4n) is 0.565. The lowest BCUT2D eigenvalue weighted by molar-refractivity contribution is 0.303. The van der Waals surface area contributed by atoms with E-state index < -0.39 is 6.17 Å². The first-order valence-corrected chi connectivity index (χ1v) is 3.09. The van der Waals surface area contributed by atoms with Gasteiger partial charge in [-0.05, 0) is 19.4 Å². The van der Waals surface area contributed by atoms with E-state index in [1.54, 1.807) is 0 Å². The van der Waals surface area contributed by atoms with Crippen molar-refractivity contribution in [3.05, 3.63) is 0 Å². The lowest BCUT2D eigenvalue weighted by Crippen LogP contribution is -2.08. The highest BCUT2D eigenvalue weighted by molar-refractivity contribution is 4.84. The average Bonchev–Trinajstić information content (AvgIpc) is 1.85. The Morgan fingerprint density at radius 2 is 2.22 bits per heavy atom. The molecule has 0 saturated heterocycles. The van der Waals surface area contributed by atoms with Gasteiger partial charge in [-0.25, -0.2) is 4.39 Å². The Morgan fingerprint density at radius 1 is 1.56 bits per heavy atom. The van der Waals surface area contributed by atoms with Gasteiger partial charge in [-0.2, -0.15) is 0 Å². The summed E-state index contributed by atoms with van der Waals surface area (Å²) in [6.07, 6.45) is 5.52. The van der Waals surface area contributed by atoms with Crippen LogP contribution in [0.1, 0.15) is 19.3 Å². The van der Waals surface area contributed by atoms with Crippen LogP contribution in [-0.4, -0.2) is 12.7 Å². The zero-order valence-electron chi connectivity index (χ0n) is 5.44. The second-order valence-electron chi connectivity index (χ2n) is 1.92. The van der Waals surface area contributed by atoms with E-state index >= 15 is 0 Å². The second-order valence-corrected chi connectivity index (χ2v) is 1.92. The summed E-state index contributed by atoms with van der Waals surface area (Å²) in [5.41, 5.74) is 5.11. The van der Waals surface area contributed by atoms with E-state index in [0.717, 1.165) is 0 Å². The van der Waals surface area contributed by atoms with Gasteiger partial charge in [0.25, 0.3) is 0 Å². The fourth-order valence-corrected chi connectivity index (χ4v) is 0.565. The van der Waals surface area contributed by atoms with Crippen molar-refractivity contribution >= 4 is 0 Å². The molecule has 1 unspecified atom stereocenters. The SMILES string of the molecule is C#CCCC(F)CCN. The third kappa shape index (κ3) is 5.32. The van der Waals surface area contributed by atoms with Gasteiger partial charge < -0.3 is 5.73 Å². The smallest absolute Gasteiger partial charge is 0.102 e. The molecule has 2 heteroatoms. The highest BCUT2D eigenvalue weighted by Gasteiger charge is 2.01. The molecule has 52 valence electrons. The van der Waals surface area contributed by atoms with E-state index in [2.05, 4.69) is 5.92 Å². The first-order valence-electron chi connectivity index (χ1n) is 3.09. The van der Waals surface area contributed by atoms with Gasteiger partial charge in [0.05, 0.1) is 0 Å². The van der Waals surface area contributed by atoms with Gasteiger partial charge in [0, 0.05) is 6.42 Å². The van der Waals surface area contributed by atoms with Crippen LogP contribution in [0.15, 0.2) is 0 Å². The number of halogens is 1. The Balaban J connectivity index is 3.07. The summed E-state index contributed by atoms with van der Waals surface area (Å²) >= 11 is 0. The van der Waals surface area contributed by atoms with Gasteiger partial charge >= 0.3 is 0 Å². The van der Waals surface area contributed by atoms with E-state index in [9.17, 15) is 4.39 Å². The molecule has 0 aliphatic heterocycles. The van der Waals surface area contributed by atoms with Gasteiger partial charge in [-0.1, -0.05) is 0 Å². The summed E-state index contributed by atoms with van der Waals surface area (Å²) in [6, 6.07) is 0. The number of rotatable bonds is 4. The lowest BCUT2D eigenvalue weighted by atomic mass is 10.2. The summed E-state index contributed by atoms with van der Waals surface area (Å²) in [5, 5.41) is 0. The largest absolute Gasteiger partial charge is 0.330 e. The molecule has 1 nitrogen and oxygen atoms in total. The normalized spacial score (nSPS) is 12.6. The van der Waals surface area contributed by atoms with Crippen LogP contribution >= 0.6 is 0 Å². The van der Waals surface area contributed by atoms with Crippen LogP contribution in [0.3, 0.4) is 0 Å². The van der Waals surface area contributed by atoms with Crippen molar-refractivity contribution < 1.29 is 4.39 Å². The van der Waals surface area contributed by atoms with Crippen LogP contribution in [0.25, 0.3) is 0 Å². The van der Waals surface area contributed by atoms with Gasteiger partial charge in [-0.15, -0.1) is 12.3 Å². The van der Waals surface area contributed by atoms with Crippen molar-refractivity contribution in [2.45, 2.75) is 25.4 Å². The molecule has 0 fully saturated rings. The van der Waals surface area contributed by atoms with Gasteiger partial charge in [0.2, 0.25) is 0 Å². The first kappa shape index (κ1) is 8.45. The van der Waals surface area contributed by atoms with Crippen LogP contribution < -0.4 is 5.73 Å². The Kier molecular flexibility index (Phi) is 5.24. The summed E-state index contributed by atoms with van der Waals surface area (Å²) in [7, 11) is 0. The molecule has 0 amide bonds. The third-order valence-corrected chi connectivity index (χ3v) is 1.08. The molecule has 0 spiro atoms. The topological polar surface area (TPSA) is 26.0 Å². The molecule has 0 aliphatic rings. The van der Waals surface area contributed by atoms with Crippen LogP contribution in [0.5, 0.6) is 0 Å². The maximum Gasteiger partial charge on any atom is 0.102 e. The van der Waals surface area contributed by atoms with E-state index in [4.69, 9.17) is 12.2 Å². The van der Waals surface area contributed by atoms with Crippen molar-refractivity contribution in [3.8, 4) is 12.3 Å². The second kappa shape index (κ2) is 5.58. The Morgan fingerprint density at radius 3 is 2.67 bits per heavy atom. The summed E-state index contributed by atoms with van der Waals surface area (Å²) in [5.74, 6) is 2.38. The van der Waals surface area contributed by atoms with Crippen LogP contribution in [0.2, 0.25) is 0 Å². The average molecular weight is 129 g/mol. The highest BCUT2D eigenvalue weighted by atomic mass is 19.1. The Bertz CT molecular complexity index is 95.6. The Labute approximate surface area is 55.4 Å². The van der Waals surface area contributed by atoms with Crippen molar-refractivity contribution in [1.82, 2.24) is 0 Å². The molecule has 0 aromatic rings.